The van der Waals surface area contributed by atoms with Gasteiger partial charge in [0.05, 0.1) is 5.69 Å². The van der Waals surface area contributed by atoms with Crippen molar-refractivity contribution in [1.82, 2.24) is 14.9 Å². The van der Waals surface area contributed by atoms with Gasteiger partial charge in [0.1, 0.15) is 0 Å². The standard InChI is InChI=1S/C18H31N3O/c1-12(2)15-13(3)19-17(20-16(15)18(4,5)6)14(22)10-9-11-21(7)8/h12H,9-11H2,1-8H3. The quantitative estimate of drug-likeness (QED) is 0.751. The summed E-state index contributed by atoms with van der Waals surface area (Å²) in [6.07, 6.45) is 1.34. The number of hydrogen-bond acceptors (Lipinski definition) is 4. The highest BCUT2D eigenvalue weighted by molar-refractivity contribution is 5.92. The molecule has 0 aromatic carbocycles. The van der Waals surface area contributed by atoms with E-state index in [9.17, 15) is 4.79 Å². The number of ketones is 1. The van der Waals surface area contributed by atoms with E-state index >= 15 is 0 Å². The first-order valence-corrected chi connectivity index (χ1v) is 8.11. The predicted octanol–water partition coefficient (Wildman–Crippen LogP) is 3.73. The van der Waals surface area contributed by atoms with Crippen LogP contribution in [-0.4, -0.2) is 41.3 Å². The predicted molar refractivity (Wildman–Crippen MR) is 91.7 cm³/mol. The van der Waals surface area contributed by atoms with Crippen LogP contribution in [0.1, 0.15) is 80.9 Å². The number of nitrogens with zero attached hydrogens (tertiary/aromatic N) is 3. The van der Waals surface area contributed by atoms with Gasteiger partial charge in [-0.2, -0.15) is 0 Å². The van der Waals surface area contributed by atoms with Gasteiger partial charge in [-0.25, -0.2) is 9.97 Å². The zero-order valence-corrected chi connectivity index (χ0v) is 15.4. The molecular formula is C18H31N3O. The smallest absolute Gasteiger partial charge is 0.200 e. The van der Waals surface area contributed by atoms with Crippen LogP contribution in [0.5, 0.6) is 0 Å². The first kappa shape index (κ1) is 18.8. The van der Waals surface area contributed by atoms with Gasteiger partial charge in [0.2, 0.25) is 0 Å². The second kappa shape index (κ2) is 7.32. The maximum Gasteiger partial charge on any atom is 0.200 e. The molecule has 0 aliphatic heterocycles. The summed E-state index contributed by atoms with van der Waals surface area (Å²) in [5, 5.41) is 0. The fraction of sp³-hybridized carbons (Fsp3) is 0.722. The summed E-state index contributed by atoms with van der Waals surface area (Å²) in [5.41, 5.74) is 3.03. The molecule has 4 heteroatoms. The maximum absolute atomic E-state index is 12.4. The monoisotopic (exact) mass is 305 g/mol. The van der Waals surface area contributed by atoms with E-state index in [2.05, 4.69) is 49.5 Å². The molecule has 22 heavy (non-hydrogen) atoms. The summed E-state index contributed by atoms with van der Waals surface area (Å²) < 4.78 is 0. The molecule has 0 saturated heterocycles. The Bertz CT molecular complexity index is 528. The van der Waals surface area contributed by atoms with Crippen molar-refractivity contribution < 1.29 is 4.79 Å². The molecule has 0 aliphatic rings. The van der Waals surface area contributed by atoms with Gasteiger partial charge in [-0.15, -0.1) is 0 Å². The van der Waals surface area contributed by atoms with E-state index in [4.69, 9.17) is 0 Å². The Balaban J connectivity index is 3.13. The second-order valence-corrected chi connectivity index (χ2v) is 7.63. The third-order valence-electron chi connectivity index (χ3n) is 3.68. The molecule has 0 amide bonds. The minimum absolute atomic E-state index is 0.0470. The Labute approximate surface area is 135 Å². The molecular weight excluding hydrogens is 274 g/mol. The Morgan fingerprint density at radius 2 is 1.77 bits per heavy atom. The minimum Gasteiger partial charge on any atom is -0.309 e. The highest BCUT2D eigenvalue weighted by Gasteiger charge is 2.26. The molecule has 0 bridgehead atoms. The first-order valence-electron chi connectivity index (χ1n) is 8.11. The van der Waals surface area contributed by atoms with Gasteiger partial charge >= 0.3 is 0 Å². The minimum atomic E-state index is -0.0913. The van der Waals surface area contributed by atoms with E-state index in [1.807, 2.05) is 21.0 Å². The fourth-order valence-electron chi connectivity index (χ4n) is 2.64. The van der Waals surface area contributed by atoms with E-state index in [-0.39, 0.29) is 11.2 Å². The van der Waals surface area contributed by atoms with Crippen molar-refractivity contribution in [3.05, 3.63) is 22.8 Å². The van der Waals surface area contributed by atoms with Gasteiger partial charge in [0, 0.05) is 17.5 Å². The van der Waals surface area contributed by atoms with Crippen LogP contribution in [0, 0.1) is 6.92 Å². The summed E-state index contributed by atoms with van der Waals surface area (Å²) in [7, 11) is 4.03. The van der Waals surface area contributed by atoms with Crippen LogP contribution in [0.3, 0.4) is 0 Å². The van der Waals surface area contributed by atoms with Gasteiger partial charge < -0.3 is 4.90 Å². The van der Waals surface area contributed by atoms with Crippen molar-refractivity contribution in [3.63, 3.8) is 0 Å². The number of Topliss-reactive ketones (excluding diaryl/α,β-unsaturated/α-hetero) is 1. The number of carbonyl (C=O) groups is 1. The molecule has 0 aliphatic carbocycles. The van der Waals surface area contributed by atoms with Gasteiger partial charge in [-0.1, -0.05) is 34.6 Å². The second-order valence-electron chi connectivity index (χ2n) is 7.63. The molecule has 124 valence electrons. The zero-order valence-electron chi connectivity index (χ0n) is 15.4. The zero-order chi connectivity index (χ0) is 17.1. The summed E-state index contributed by atoms with van der Waals surface area (Å²) in [6, 6.07) is 0. The largest absolute Gasteiger partial charge is 0.309 e. The summed E-state index contributed by atoms with van der Waals surface area (Å²) in [4.78, 5) is 23.6. The third kappa shape index (κ3) is 4.87. The highest BCUT2D eigenvalue weighted by atomic mass is 16.1. The van der Waals surface area contributed by atoms with E-state index in [1.54, 1.807) is 0 Å². The summed E-state index contributed by atoms with van der Waals surface area (Å²) in [5.74, 6) is 0.781. The van der Waals surface area contributed by atoms with E-state index in [0.717, 1.165) is 24.4 Å². The molecule has 0 spiro atoms. The van der Waals surface area contributed by atoms with E-state index in [1.165, 1.54) is 5.56 Å². The topological polar surface area (TPSA) is 46.1 Å². The Morgan fingerprint density at radius 1 is 1.18 bits per heavy atom. The first-order chi connectivity index (χ1) is 10.0. The average Bonchev–Trinajstić information content (AvgIpc) is 2.35. The van der Waals surface area contributed by atoms with Gasteiger partial charge in [-0.05, 0) is 45.5 Å². The Hall–Kier alpha value is -1.29. The van der Waals surface area contributed by atoms with Crippen LogP contribution in [0.25, 0.3) is 0 Å². The molecule has 0 radical (unpaired) electrons. The van der Waals surface area contributed by atoms with Crippen molar-refractivity contribution in [3.8, 4) is 0 Å². The lowest BCUT2D eigenvalue weighted by Crippen LogP contribution is -2.22. The summed E-state index contributed by atoms with van der Waals surface area (Å²) in [6.45, 7) is 13.6. The fourth-order valence-corrected chi connectivity index (χ4v) is 2.64. The third-order valence-corrected chi connectivity index (χ3v) is 3.68. The van der Waals surface area contributed by atoms with Crippen molar-refractivity contribution in [1.29, 1.82) is 0 Å². The molecule has 0 N–H and O–H groups in total. The van der Waals surface area contributed by atoms with Crippen LogP contribution >= 0.6 is 0 Å². The molecule has 1 aromatic heterocycles. The summed E-state index contributed by atoms with van der Waals surface area (Å²) >= 11 is 0. The number of hydrogen-bond donors (Lipinski definition) is 0. The Kier molecular flexibility index (Phi) is 6.24. The van der Waals surface area contributed by atoms with Crippen LogP contribution < -0.4 is 0 Å². The van der Waals surface area contributed by atoms with Crippen molar-refractivity contribution in [2.75, 3.05) is 20.6 Å². The molecule has 0 unspecified atom stereocenters. The molecule has 1 aromatic rings. The number of aromatic nitrogens is 2. The number of aryl methyl sites for hydroxylation is 1. The lowest BCUT2D eigenvalue weighted by atomic mass is 9.84. The molecule has 0 saturated carbocycles. The van der Waals surface area contributed by atoms with Crippen LogP contribution in [0.4, 0.5) is 0 Å². The van der Waals surface area contributed by atoms with Crippen LogP contribution in [0.2, 0.25) is 0 Å². The lowest BCUT2D eigenvalue weighted by Gasteiger charge is -2.25. The highest BCUT2D eigenvalue weighted by Crippen LogP contribution is 2.30. The molecule has 1 rings (SSSR count). The van der Waals surface area contributed by atoms with Crippen LogP contribution in [0.15, 0.2) is 0 Å². The number of rotatable bonds is 6. The molecule has 4 nitrogen and oxygen atoms in total. The average molecular weight is 305 g/mol. The van der Waals surface area contributed by atoms with Gasteiger partial charge in [0.25, 0.3) is 0 Å². The van der Waals surface area contributed by atoms with Crippen molar-refractivity contribution >= 4 is 5.78 Å². The molecule has 0 atom stereocenters. The molecule has 0 fully saturated rings. The Morgan fingerprint density at radius 3 is 2.23 bits per heavy atom. The lowest BCUT2D eigenvalue weighted by molar-refractivity contribution is 0.0966. The van der Waals surface area contributed by atoms with Crippen LogP contribution in [-0.2, 0) is 5.41 Å². The SMILES string of the molecule is Cc1nc(C(=O)CCCN(C)C)nc(C(C)(C)C)c1C(C)C. The van der Waals surface area contributed by atoms with Crippen molar-refractivity contribution in [2.45, 2.75) is 65.7 Å². The maximum atomic E-state index is 12.4. The normalized spacial score (nSPS) is 12.3. The van der Waals surface area contributed by atoms with Gasteiger partial charge in [-0.3, -0.25) is 4.79 Å². The van der Waals surface area contributed by atoms with Crippen molar-refractivity contribution in [2.24, 2.45) is 0 Å². The van der Waals surface area contributed by atoms with Gasteiger partial charge in [0.15, 0.2) is 11.6 Å². The number of carbonyl (C=O) groups excluding carboxylic acids is 1. The van der Waals surface area contributed by atoms with E-state index in [0.29, 0.717) is 18.2 Å². The van der Waals surface area contributed by atoms with E-state index < -0.39 is 0 Å². The molecule has 1 heterocycles.